The molecule has 0 aromatic carbocycles. The third-order valence-electron chi connectivity index (χ3n) is 1.42. The molecule has 1 aromatic heterocycles. The third kappa shape index (κ3) is 2.15. The van der Waals surface area contributed by atoms with E-state index in [-0.39, 0.29) is 0 Å². The molecule has 0 aliphatic carbocycles. The molecule has 0 aliphatic heterocycles. The van der Waals surface area contributed by atoms with Gasteiger partial charge < -0.3 is 0 Å². The van der Waals surface area contributed by atoms with Gasteiger partial charge in [-0.3, -0.25) is 0 Å². The Hall–Kier alpha value is -0.130. The molecule has 0 atom stereocenters. The van der Waals surface area contributed by atoms with Crippen molar-refractivity contribution < 1.29 is 0 Å². The fourth-order valence-corrected chi connectivity index (χ4v) is 2.01. The summed E-state index contributed by atoms with van der Waals surface area (Å²) in [7, 11) is 0. The number of hydrogen-bond acceptors (Lipinski definition) is 2. The molecule has 0 N–H and O–H groups in total. The number of hydrogen-bond donors (Lipinski definition) is 0. The first-order valence-corrected chi connectivity index (χ1v) is 8.82. The Morgan fingerprint density at radius 3 is 2.36 bits per heavy atom. The fourth-order valence-electron chi connectivity index (χ4n) is 0.685. The molecule has 0 saturated heterocycles. The van der Waals surface area contributed by atoms with Crippen molar-refractivity contribution in [2.45, 2.75) is 19.8 Å². The van der Waals surface area contributed by atoms with Gasteiger partial charge in [0.05, 0.1) is 0 Å². The second-order valence-electron chi connectivity index (χ2n) is 2.90. The van der Waals surface area contributed by atoms with Gasteiger partial charge in [-0.05, 0) is 0 Å². The summed E-state index contributed by atoms with van der Waals surface area (Å²) in [5.41, 5.74) is 1.11. The van der Waals surface area contributed by atoms with E-state index in [4.69, 9.17) is 0 Å². The first kappa shape index (κ1) is 8.96. The van der Waals surface area contributed by atoms with Gasteiger partial charge in [-0.25, -0.2) is 0 Å². The van der Waals surface area contributed by atoms with Crippen LogP contribution in [0.2, 0.25) is 0 Å². The van der Waals surface area contributed by atoms with Crippen LogP contribution in [0.15, 0.2) is 6.20 Å². The van der Waals surface area contributed by atoms with E-state index in [2.05, 4.69) is 40.2 Å². The Morgan fingerprint density at radius 1 is 1.45 bits per heavy atom. The first-order chi connectivity index (χ1) is 5.11. The average molecular weight is 267 g/mol. The second-order valence-corrected chi connectivity index (χ2v) is 7.98. The molecule has 64 valence electrons. The van der Waals surface area contributed by atoms with Crippen LogP contribution < -0.4 is 0 Å². The van der Waals surface area contributed by atoms with Gasteiger partial charge in [0.15, 0.2) is 0 Å². The summed E-state index contributed by atoms with van der Waals surface area (Å²) < 4.78 is 2.04. The topological polar surface area (TPSA) is 30.7 Å². The van der Waals surface area contributed by atoms with Crippen molar-refractivity contribution in [1.29, 1.82) is 0 Å². The van der Waals surface area contributed by atoms with E-state index in [0.29, 0.717) is 5.92 Å². The van der Waals surface area contributed by atoms with Crippen molar-refractivity contribution in [2.75, 3.05) is 9.86 Å². The van der Waals surface area contributed by atoms with Crippen LogP contribution in [0.4, 0.5) is 0 Å². The van der Waals surface area contributed by atoms with Gasteiger partial charge in [-0.1, -0.05) is 0 Å². The summed E-state index contributed by atoms with van der Waals surface area (Å²) in [6.45, 7) is 4.27. The van der Waals surface area contributed by atoms with Gasteiger partial charge in [0, 0.05) is 0 Å². The molecular formula is C7H14IN3. The summed E-state index contributed by atoms with van der Waals surface area (Å²) in [6.07, 6.45) is 2.08. The maximum absolute atomic E-state index is 4.09. The zero-order valence-corrected chi connectivity index (χ0v) is 9.53. The van der Waals surface area contributed by atoms with Crippen molar-refractivity contribution in [1.82, 2.24) is 13.2 Å². The van der Waals surface area contributed by atoms with Gasteiger partial charge in [0.2, 0.25) is 0 Å². The first-order valence-electron chi connectivity index (χ1n) is 3.54. The van der Waals surface area contributed by atoms with Crippen LogP contribution in [0.1, 0.15) is 25.5 Å². The predicted molar refractivity (Wildman–Crippen MR) is 55.4 cm³/mol. The number of rotatable bonds is 2. The molecule has 0 unspecified atom stereocenters. The molecule has 3 nitrogen and oxygen atoms in total. The summed E-state index contributed by atoms with van der Waals surface area (Å²) >= 11 is -0.962. The van der Waals surface area contributed by atoms with Gasteiger partial charge in [0.1, 0.15) is 0 Å². The molecule has 0 aliphatic rings. The van der Waals surface area contributed by atoms with E-state index in [0.717, 1.165) is 5.69 Å². The summed E-state index contributed by atoms with van der Waals surface area (Å²) in [4.78, 5) is 4.51. The Morgan fingerprint density at radius 2 is 2.09 bits per heavy atom. The zero-order valence-electron chi connectivity index (χ0n) is 7.37. The predicted octanol–water partition coefficient (Wildman–Crippen LogP) is 1.93. The van der Waals surface area contributed by atoms with Crippen LogP contribution in [0.5, 0.6) is 0 Å². The van der Waals surface area contributed by atoms with Gasteiger partial charge in [-0.2, -0.15) is 0 Å². The SMILES string of the molecule is CC(C)c1cn(I(C)C)nn1. The zero-order chi connectivity index (χ0) is 8.43. The van der Waals surface area contributed by atoms with Crippen LogP contribution in [-0.2, 0) is 0 Å². The molecule has 1 aromatic rings. The molecule has 0 saturated carbocycles. The fraction of sp³-hybridized carbons (Fsp3) is 0.714. The van der Waals surface area contributed by atoms with Gasteiger partial charge in [-0.15, -0.1) is 0 Å². The van der Waals surface area contributed by atoms with Crippen molar-refractivity contribution in [2.24, 2.45) is 0 Å². The maximum atomic E-state index is 4.09. The molecule has 11 heavy (non-hydrogen) atoms. The van der Waals surface area contributed by atoms with E-state index in [1.165, 1.54) is 0 Å². The molecule has 1 heterocycles. The van der Waals surface area contributed by atoms with E-state index in [1.54, 1.807) is 0 Å². The minimum atomic E-state index is -0.962. The number of aromatic nitrogens is 3. The standard InChI is InChI=1S/C7H14IN3/c1-6(2)7-5-11(8(3)4)10-9-7/h5-6H,1-4H3. The quantitative estimate of drug-likeness (QED) is 0.605. The van der Waals surface area contributed by atoms with E-state index < -0.39 is 20.1 Å². The Bertz CT molecular complexity index is 207. The van der Waals surface area contributed by atoms with Crippen LogP contribution in [0, 0.1) is 0 Å². The molecule has 0 spiro atoms. The van der Waals surface area contributed by atoms with Crippen LogP contribution in [0.3, 0.4) is 0 Å². The van der Waals surface area contributed by atoms with Crippen molar-refractivity contribution in [3.05, 3.63) is 11.9 Å². The summed E-state index contributed by atoms with van der Waals surface area (Å²) in [5.74, 6) is 0.500. The van der Waals surface area contributed by atoms with Gasteiger partial charge in [0.25, 0.3) is 0 Å². The van der Waals surface area contributed by atoms with Crippen molar-refractivity contribution >= 4 is 20.1 Å². The Balaban J connectivity index is 2.82. The van der Waals surface area contributed by atoms with Crippen molar-refractivity contribution in [3.8, 4) is 0 Å². The average Bonchev–Trinajstić information content (AvgIpc) is 2.33. The van der Waals surface area contributed by atoms with Crippen molar-refractivity contribution in [3.63, 3.8) is 0 Å². The third-order valence-corrected chi connectivity index (χ3v) is 3.87. The summed E-state index contributed by atoms with van der Waals surface area (Å²) in [5, 5.41) is 8.16. The Kier molecular flexibility index (Phi) is 2.86. The van der Waals surface area contributed by atoms with E-state index in [9.17, 15) is 0 Å². The van der Waals surface area contributed by atoms with Crippen LogP contribution >= 0.6 is 20.1 Å². The summed E-state index contributed by atoms with van der Waals surface area (Å²) in [6, 6.07) is 0. The molecule has 0 fully saturated rings. The van der Waals surface area contributed by atoms with E-state index in [1.807, 2.05) is 2.90 Å². The second kappa shape index (κ2) is 3.51. The molecule has 0 amide bonds. The van der Waals surface area contributed by atoms with Gasteiger partial charge >= 0.3 is 74.8 Å². The molecule has 0 radical (unpaired) electrons. The normalized spacial score (nSPS) is 12.3. The number of nitrogens with zero attached hydrogens (tertiary/aromatic N) is 3. The molecule has 0 bridgehead atoms. The van der Waals surface area contributed by atoms with E-state index >= 15 is 0 Å². The van der Waals surface area contributed by atoms with Crippen LogP contribution in [0.25, 0.3) is 0 Å². The Labute approximate surface area is 74.9 Å². The molecule has 1 rings (SSSR count). The monoisotopic (exact) mass is 267 g/mol. The molecular weight excluding hydrogens is 253 g/mol. The molecule has 4 heteroatoms. The number of halogens is 1. The number of alkyl halides is 2. The van der Waals surface area contributed by atoms with Crippen LogP contribution in [-0.4, -0.2) is 23.1 Å². The minimum absolute atomic E-state index is 0.500.